The van der Waals surface area contributed by atoms with Gasteiger partial charge in [-0.2, -0.15) is 0 Å². The van der Waals surface area contributed by atoms with Crippen LogP contribution in [-0.2, 0) is 11.3 Å². The van der Waals surface area contributed by atoms with Crippen molar-refractivity contribution in [2.75, 3.05) is 13.1 Å². The number of fused-ring (bicyclic) bond motifs is 1. The van der Waals surface area contributed by atoms with Crippen LogP contribution in [0.1, 0.15) is 47.1 Å². The van der Waals surface area contributed by atoms with E-state index in [9.17, 15) is 9.59 Å². The minimum Gasteiger partial charge on any atom is -0.456 e. The second-order valence-electron chi connectivity index (χ2n) is 5.89. The first-order chi connectivity index (χ1) is 9.31. The molecule has 1 aromatic rings. The maximum atomic E-state index is 12.2. The van der Waals surface area contributed by atoms with E-state index in [0.717, 1.165) is 5.56 Å². The summed E-state index contributed by atoms with van der Waals surface area (Å²) in [5, 5.41) is 0. The lowest BCUT2D eigenvalue weighted by Gasteiger charge is -2.19. The highest BCUT2D eigenvalue weighted by atomic mass is 16.6. The third-order valence-electron chi connectivity index (χ3n) is 3.02. The summed E-state index contributed by atoms with van der Waals surface area (Å²) in [6.45, 7) is 6.94. The maximum absolute atomic E-state index is 12.2. The lowest BCUT2D eigenvalue weighted by molar-refractivity contribution is 0.00695. The molecule has 108 valence electrons. The Morgan fingerprint density at radius 2 is 2.10 bits per heavy atom. The summed E-state index contributed by atoms with van der Waals surface area (Å²) in [6, 6.07) is 5.12. The van der Waals surface area contributed by atoms with E-state index in [4.69, 9.17) is 10.5 Å². The standard InChI is InChI=1S/C15H20N2O3/c1-15(2,3)20-14(19)10-4-5-11-9-17(7-6-16)13(18)12(11)8-10/h4-5,8H,6-7,9,16H2,1-3H3. The van der Waals surface area contributed by atoms with E-state index in [1.807, 2.05) is 26.8 Å². The molecule has 0 aromatic heterocycles. The predicted molar refractivity (Wildman–Crippen MR) is 75.4 cm³/mol. The van der Waals surface area contributed by atoms with Gasteiger partial charge in [-0.15, -0.1) is 0 Å². The lowest BCUT2D eigenvalue weighted by Crippen LogP contribution is -2.29. The van der Waals surface area contributed by atoms with Gasteiger partial charge in [-0.1, -0.05) is 6.07 Å². The van der Waals surface area contributed by atoms with Crippen molar-refractivity contribution < 1.29 is 14.3 Å². The van der Waals surface area contributed by atoms with Gasteiger partial charge < -0.3 is 15.4 Å². The number of nitrogens with two attached hydrogens (primary N) is 1. The quantitative estimate of drug-likeness (QED) is 0.850. The van der Waals surface area contributed by atoms with Gasteiger partial charge in [0.25, 0.3) is 5.91 Å². The molecule has 0 radical (unpaired) electrons. The maximum Gasteiger partial charge on any atom is 0.338 e. The molecule has 0 spiro atoms. The van der Waals surface area contributed by atoms with E-state index in [1.54, 1.807) is 17.0 Å². The SMILES string of the molecule is CC(C)(C)OC(=O)c1ccc2c(c1)C(=O)N(CCN)C2. The van der Waals surface area contributed by atoms with Gasteiger partial charge in [0, 0.05) is 25.2 Å². The monoisotopic (exact) mass is 276 g/mol. The molecule has 20 heavy (non-hydrogen) atoms. The van der Waals surface area contributed by atoms with Crippen LogP contribution in [0.4, 0.5) is 0 Å². The van der Waals surface area contributed by atoms with Crippen LogP contribution in [0.15, 0.2) is 18.2 Å². The Kier molecular flexibility index (Phi) is 3.81. The second kappa shape index (κ2) is 5.25. The Hall–Kier alpha value is -1.88. The normalized spacial score (nSPS) is 14.4. The molecule has 2 N–H and O–H groups in total. The fraction of sp³-hybridized carbons (Fsp3) is 0.467. The first-order valence-corrected chi connectivity index (χ1v) is 6.67. The van der Waals surface area contributed by atoms with Crippen molar-refractivity contribution in [2.45, 2.75) is 32.9 Å². The summed E-state index contributed by atoms with van der Waals surface area (Å²) in [7, 11) is 0. The van der Waals surface area contributed by atoms with Gasteiger partial charge >= 0.3 is 5.97 Å². The summed E-state index contributed by atoms with van der Waals surface area (Å²) in [5.41, 5.74) is 6.84. The summed E-state index contributed by atoms with van der Waals surface area (Å²) in [5.74, 6) is -0.485. The van der Waals surface area contributed by atoms with Crippen LogP contribution in [0.2, 0.25) is 0 Å². The van der Waals surface area contributed by atoms with Gasteiger partial charge in [0.1, 0.15) is 5.60 Å². The molecule has 2 rings (SSSR count). The van der Waals surface area contributed by atoms with E-state index < -0.39 is 11.6 Å². The number of carbonyl (C=O) groups is 2. The molecule has 0 bridgehead atoms. The zero-order chi connectivity index (χ0) is 14.9. The highest BCUT2D eigenvalue weighted by Gasteiger charge is 2.28. The molecule has 0 saturated heterocycles. The van der Waals surface area contributed by atoms with Crippen LogP contribution < -0.4 is 5.73 Å². The molecular formula is C15H20N2O3. The molecule has 0 atom stereocenters. The average Bonchev–Trinajstić information content (AvgIpc) is 2.65. The smallest absolute Gasteiger partial charge is 0.338 e. The van der Waals surface area contributed by atoms with Crippen molar-refractivity contribution in [3.8, 4) is 0 Å². The summed E-state index contributed by atoms with van der Waals surface area (Å²) in [4.78, 5) is 25.9. The van der Waals surface area contributed by atoms with Crippen molar-refractivity contribution in [3.63, 3.8) is 0 Å². The molecule has 0 unspecified atom stereocenters. The van der Waals surface area contributed by atoms with Gasteiger partial charge in [-0.25, -0.2) is 4.79 Å². The van der Waals surface area contributed by atoms with Gasteiger partial charge in [0.2, 0.25) is 0 Å². The number of rotatable bonds is 3. The van der Waals surface area contributed by atoms with Crippen LogP contribution >= 0.6 is 0 Å². The lowest BCUT2D eigenvalue weighted by atomic mass is 10.1. The number of carbonyl (C=O) groups excluding carboxylic acids is 2. The van der Waals surface area contributed by atoms with E-state index in [-0.39, 0.29) is 5.91 Å². The molecule has 1 aromatic carbocycles. The largest absolute Gasteiger partial charge is 0.456 e. The Labute approximate surface area is 118 Å². The number of nitrogens with zero attached hydrogens (tertiary/aromatic N) is 1. The molecule has 1 aliphatic rings. The first-order valence-electron chi connectivity index (χ1n) is 6.67. The van der Waals surface area contributed by atoms with Gasteiger partial charge in [-0.05, 0) is 38.5 Å². The number of esters is 1. The molecule has 1 amide bonds. The highest BCUT2D eigenvalue weighted by Crippen LogP contribution is 2.24. The second-order valence-corrected chi connectivity index (χ2v) is 5.89. The van der Waals surface area contributed by atoms with Crippen molar-refractivity contribution >= 4 is 11.9 Å². The Bertz CT molecular complexity index is 547. The van der Waals surface area contributed by atoms with Crippen molar-refractivity contribution in [1.29, 1.82) is 0 Å². The van der Waals surface area contributed by atoms with Crippen molar-refractivity contribution in [3.05, 3.63) is 34.9 Å². The van der Waals surface area contributed by atoms with Crippen LogP contribution in [0.5, 0.6) is 0 Å². The van der Waals surface area contributed by atoms with E-state index in [1.165, 1.54) is 0 Å². The minimum absolute atomic E-state index is 0.0733. The van der Waals surface area contributed by atoms with Gasteiger partial charge in [0.05, 0.1) is 5.56 Å². The molecule has 0 aliphatic carbocycles. The third kappa shape index (κ3) is 2.99. The predicted octanol–water partition coefficient (Wildman–Crippen LogP) is 1.56. The summed E-state index contributed by atoms with van der Waals surface area (Å²) >= 11 is 0. The average molecular weight is 276 g/mol. The van der Waals surface area contributed by atoms with Crippen molar-refractivity contribution in [2.24, 2.45) is 5.73 Å². The van der Waals surface area contributed by atoms with Crippen LogP contribution in [0.25, 0.3) is 0 Å². The molecule has 5 heteroatoms. The van der Waals surface area contributed by atoms with E-state index in [0.29, 0.717) is 30.8 Å². The number of hydrogen-bond acceptors (Lipinski definition) is 4. The third-order valence-corrected chi connectivity index (χ3v) is 3.02. The first kappa shape index (κ1) is 14.5. The number of ether oxygens (including phenoxy) is 1. The molecule has 1 heterocycles. The van der Waals surface area contributed by atoms with Crippen LogP contribution in [-0.4, -0.2) is 35.5 Å². The molecular weight excluding hydrogens is 256 g/mol. The Morgan fingerprint density at radius 3 is 2.70 bits per heavy atom. The molecule has 5 nitrogen and oxygen atoms in total. The zero-order valence-electron chi connectivity index (χ0n) is 12.1. The number of hydrogen-bond donors (Lipinski definition) is 1. The Morgan fingerprint density at radius 1 is 1.40 bits per heavy atom. The van der Waals surface area contributed by atoms with Crippen LogP contribution in [0.3, 0.4) is 0 Å². The fourth-order valence-electron chi connectivity index (χ4n) is 2.16. The molecule has 1 aliphatic heterocycles. The van der Waals surface area contributed by atoms with Crippen LogP contribution in [0, 0.1) is 0 Å². The fourth-order valence-corrected chi connectivity index (χ4v) is 2.16. The molecule has 0 fully saturated rings. The topological polar surface area (TPSA) is 72.6 Å². The molecule has 0 saturated carbocycles. The Balaban J connectivity index is 2.22. The van der Waals surface area contributed by atoms with E-state index >= 15 is 0 Å². The summed E-state index contributed by atoms with van der Waals surface area (Å²) in [6.07, 6.45) is 0. The number of benzene rings is 1. The zero-order valence-corrected chi connectivity index (χ0v) is 12.1. The van der Waals surface area contributed by atoms with E-state index in [2.05, 4.69) is 0 Å². The highest BCUT2D eigenvalue weighted by molar-refractivity contribution is 6.01. The van der Waals surface area contributed by atoms with Gasteiger partial charge in [-0.3, -0.25) is 4.79 Å². The number of amides is 1. The summed E-state index contributed by atoms with van der Waals surface area (Å²) < 4.78 is 5.31. The minimum atomic E-state index is -0.550. The van der Waals surface area contributed by atoms with Gasteiger partial charge in [0.15, 0.2) is 0 Å². The van der Waals surface area contributed by atoms with Crippen molar-refractivity contribution in [1.82, 2.24) is 4.90 Å².